The smallest absolute Gasteiger partial charge is 0.0732 e. The molecule has 0 saturated heterocycles. The average molecular weight is 185 g/mol. The van der Waals surface area contributed by atoms with Crippen molar-refractivity contribution < 1.29 is 0 Å². The Morgan fingerprint density at radius 3 is 2.82 bits per heavy atom. The number of nitrogens with zero attached hydrogens (tertiary/aromatic N) is 1. The molecular formula is C8H4Cl2N. The van der Waals surface area contributed by atoms with Crippen LogP contribution >= 0.6 is 23.2 Å². The van der Waals surface area contributed by atoms with Gasteiger partial charge < -0.3 is 0 Å². The van der Waals surface area contributed by atoms with Crippen molar-refractivity contribution in [3.63, 3.8) is 0 Å². The highest BCUT2D eigenvalue weighted by Gasteiger charge is 2.10. The molecule has 1 aliphatic heterocycles. The van der Waals surface area contributed by atoms with Gasteiger partial charge in [0.05, 0.1) is 10.7 Å². The fraction of sp³-hybridized carbons (Fsp3) is 0. The van der Waals surface area contributed by atoms with Crippen LogP contribution in [0.2, 0.25) is 10.0 Å². The van der Waals surface area contributed by atoms with Gasteiger partial charge in [0.25, 0.3) is 0 Å². The third-order valence-corrected chi connectivity index (χ3v) is 2.06. The van der Waals surface area contributed by atoms with Gasteiger partial charge in [-0.3, -0.25) is 5.32 Å². The predicted molar refractivity (Wildman–Crippen MR) is 47.3 cm³/mol. The summed E-state index contributed by atoms with van der Waals surface area (Å²) in [7, 11) is 0. The lowest BCUT2D eigenvalue weighted by atomic mass is 10.2. The molecule has 0 aromatic heterocycles. The summed E-state index contributed by atoms with van der Waals surface area (Å²) in [6.45, 7) is 0. The standard InChI is InChI=1S/C8H4Cl2N/c9-5-3-7(10)6-1-2-11-8(6)4-5/h1-4H. The van der Waals surface area contributed by atoms with Crippen LogP contribution in [-0.2, 0) is 0 Å². The topological polar surface area (TPSA) is 14.1 Å². The largest absolute Gasteiger partial charge is 0.256 e. The van der Waals surface area contributed by atoms with Gasteiger partial charge in [-0.2, -0.15) is 0 Å². The molecule has 1 aliphatic rings. The Bertz CT molecular complexity index is 331. The van der Waals surface area contributed by atoms with Crippen molar-refractivity contribution in [3.05, 3.63) is 33.9 Å². The Morgan fingerprint density at radius 2 is 2.00 bits per heavy atom. The third-order valence-electron chi connectivity index (χ3n) is 1.53. The van der Waals surface area contributed by atoms with Crippen LogP contribution in [0, 0.1) is 0 Å². The van der Waals surface area contributed by atoms with E-state index in [2.05, 4.69) is 5.32 Å². The predicted octanol–water partition coefficient (Wildman–Crippen LogP) is 3.21. The number of halogens is 2. The lowest BCUT2D eigenvalue weighted by molar-refractivity contribution is 1.22. The van der Waals surface area contributed by atoms with Crippen molar-refractivity contribution in [2.45, 2.75) is 0 Å². The van der Waals surface area contributed by atoms with Crippen molar-refractivity contribution in [2.75, 3.05) is 0 Å². The van der Waals surface area contributed by atoms with E-state index in [1.54, 1.807) is 18.3 Å². The number of rotatable bonds is 0. The molecule has 1 aromatic carbocycles. The van der Waals surface area contributed by atoms with Gasteiger partial charge in [0.1, 0.15) is 0 Å². The zero-order chi connectivity index (χ0) is 7.84. The van der Waals surface area contributed by atoms with Gasteiger partial charge in [-0.05, 0) is 18.2 Å². The van der Waals surface area contributed by atoms with Crippen LogP contribution in [0.15, 0.2) is 18.3 Å². The van der Waals surface area contributed by atoms with Gasteiger partial charge in [-0.15, -0.1) is 0 Å². The molecule has 0 amide bonds. The minimum atomic E-state index is 0.626. The summed E-state index contributed by atoms with van der Waals surface area (Å²) >= 11 is 11.6. The molecule has 55 valence electrons. The Kier molecular flexibility index (Phi) is 1.55. The molecule has 0 saturated carbocycles. The number of hydrogen-bond acceptors (Lipinski definition) is 0. The second-order valence-electron chi connectivity index (χ2n) is 2.27. The zero-order valence-electron chi connectivity index (χ0n) is 5.51. The third kappa shape index (κ3) is 1.10. The molecule has 0 unspecified atom stereocenters. The van der Waals surface area contributed by atoms with Gasteiger partial charge in [-0.25, -0.2) is 0 Å². The van der Waals surface area contributed by atoms with Crippen molar-refractivity contribution in [2.24, 2.45) is 0 Å². The second-order valence-corrected chi connectivity index (χ2v) is 3.11. The maximum Gasteiger partial charge on any atom is 0.0732 e. The molecule has 1 nitrogen and oxygen atoms in total. The lowest BCUT2D eigenvalue weighted by Gasteiger charge is -2.00. The molecule has 1 aromatic rings. The summed E-state index contributed by atoms with van der Waals surface area (Å²) < 4.78 is 0. The molecule has 0 N–H and O–H groups in total. The van der Waals surface area contributed by atoms with E-state index >= 15 is 0 Å². The molecular weight excluding hydrogens is 181 g/mol. The number of hydrogen-bond donors (Lipinski definition) is 0. The summed E-state index contributed by atoms with van der Waals surface area (Å²) in [6, 6.07) is 3.51. The van der Waals surface area contributed by atoms with Crippen LogP contribution in [0.4, 0.5) is 5.69 Å². The zero-order valence-corrected chi connectivity index (χ0v) is 7.02. The maximum atomic E-state index is 5.88. The molecule has 1 heterocycles. The van der Waals surface area contributed by atoms with E-state index in [9.17, 15) is 0 Å². The van der Waals surface area contributed by atoms with Gasteiger partial charge in [-0.1, -0.05) is 23.2 Å². The molecule has 1 radical (unpaired) electrons. The first-order valence-corrected chi connectivity index (χ1v) is 3.89. The minimum absolute atomic E-state index is 0.626. The Hall–Kier alpha value is -0.660. The summed E-state index contributed by atoms with van der Waals surface area (Å²) in [5, 5.41) is 5.36. The fourth-order valence-electron chi connectivity index (χ4n) is 1.04. The highest BCUT2D eigenvalue weighted by molar-refractivity contribution is 6.36. The molecule has 2 rings (SSSR count). The quantitative estimate of drug-likeness (QED) is 0.589. The van der Waals surface area contributed by atoms with E-state index in [0.29, 0.717) is 10.0 Å². The Labute approximate surface area is 74.6 Å². The molecule has 11 heavy (non-hydrogen) atoms. The molecule has 3 heteroatoms. The Morgan fingerprint density at radius 1 is 1.18 bits per heavy atom. The molecule has 0 fully saturated rings. The Balaban J connectivity index is 2.67. The van der Waals surface area contributed by atoms with Crippen LogP contribution in [0.5, 0.6) is 0 Å². The summed E-state index contributed by atoms with van der Waals surface area (Å²) in [6.07, 6.45) is 3.58. The SMILES string of the molecule is Clc1cc(Cl)c2c(c1)[N]C=C2. The van der Waals surface area contributed by atoms with E-state index in [4.69, 9.17) is 23.2 Å². The first-order chi connectivity index (χ1) is 5.27. The van der Waals surface area contributed by atoms with E-state index in [1.165, 1.54) is 0 Å². The second kappa shape index (κ2) is 2.43. The van der Waals surface area contributed by atoms with E-state index in [0.717, 1.165) is 11.3 Å². The fourth-order valence-corrected chi connectivity index (χ4v) is 1.58. The monoisotopic (exact) mass is 184 g/mol. The summed E-state index contributed by atoms with van der Waals surface area (Å²) in [4.78, 5) is 0. The normalized spacial score (nSPS) is 12.9. The molecule has 0 bridgehead atoms. The van der Waals surface area contributed by atoms with Crippen LogP contribution in [0.3, 0.4) is 0 Å². The highest BCUT2D eigenvalue weighted by Crippen LogP contribution is 2.33. The average Bonchev–Trinajstić information content (AvgIpc) is 2.34. The van der Waals surface area contributed by atoms with Crippen molar-refractivity contribution in [1.29, 1.82) is 0 Å². The van der Waals surface area contributed by atoms with E-state index in [-0.39, 0.29) is 0 Å². The number of fused-ring (bicyclic) bond motifs is 1. The first kappa shape index (κ1) is 7.01. The molecule has 0 spiro atoms. The van der Waals surface area contributed by atoms with Gasteiger partial charge in [0.2, 0.25) is 0 Å². The van der Waals surface area contributed by atoms with Crippen LogP contribution in [-0.4, -0.2) is 0 Å². The van der Waals surface area contributed by atoms with Crippen molar-refractivity contribution >= 4 is 35.0 Å². The summed E-state index contributed by atoms with van der Waals surface area (Å²) in [5.74, 6) is 0. The minimum Gasteiger partial charge on any atom is -0.256 e. The van der Waals surface area contributed by atoms with Crippen LogP contribution < -0.4 is 5.32 Å². The highest BCUT2D eigenvalue weighted by atomic mass is 35.5. The van der Waals surface area contributed by atoms with Crippen molar-refractivity contribution in [3.8, 4) is 0 Å². The van der Waals surface area contributed by atoms with E-state index in [1.807, 2.05) is 6.08 Å². The summed E-state index contributed by atoms with van der Waals surface area (Å²) in [5.41, 5.74) is 1.80. The van der Waals surface area contributed by atoms with Crippen molar-refractivity contribution in [1.82, 2.24) is 5.32 Å². The number of benzene rings is 1. The van der Waals surface area contributed by atoms with E-state index < -0.39 is 0 Å². The van der Waals surface area contributed by atoms with Gasteiger partial charge in [0.15, 0.2) is 0 Å². The van der Waals surface area contributed by atoms with Crippen LogP contribution in [0.1, 0.15) is 5.56 Å². The first-order valence-electron chi connectivity index (χ1n) is 3.14. The lowest BCUT2D eigenvalue weighted by Crippen LogP contribution is -1.82. The van der Waals surface area contributed by atoms with Gasteiger partial charge in [0, 0.05) is 16.8 Å². The maximum absolute atomic E-state index is 5.88. The van der Waals surface area contributed by atoms with Gasteiger partial charge >= 0.3 is 0 Å². The molecule has 0 aliphatic carbocycles. The van der Waals surface area contributed by atoms with Crippen LogP contribution in [0.25, 0.3) is 6.08 Å². The molecule has 0 atom stereocenters.